The molecule has 0 saturated carbocycles. The van der Waals surface area contributed by atoms with E-state index in [4.69, 9.17) is 8.83 Å². The Labute approximate surface area is 246 Å². The summed E-state index contributed by atoms with van der Waals surface area (Å²) >= 11 is 0. The Morgan fingerprint density at radius 2 is 0.907 bits per heavy atom. The predicted octanol–water partition coefficient (Wildman–Crippen LogP) is 10.9. The number of furan rings is 2. The van der Waals surface area contributed by atoms with Crippen LogP contribution in [-0.2, 0) is 0 Å². The van der Waals surface area contributed by atoms with Gasteiger partial charge in [-0.15, -0.1) is 0 Å². The van der Waals surface area contributed by atoms with Crippen LogP contribution in [0.1, 0.15) is 0 Å². The van der Waals surface area contributed by atoms with Crippen molar-refractivity contribution >= 4 is 43.9 Å². The Morgan fingerprint density at radius 3 is 1.56 bits per heavy atom. The van der Waals surface area contributed by atoms with Crippen LogP contribution in [0.5, 0.6) is 0 Å². The van der Waals surface area contributed by atoms with Gasteiger partial charge in [0.2, 0.25) is 0 Å². The number of nitrogens with zero attached hydrogens (tertiary/aromatic N) is 1. The maximum atomic E-state index is 6.53. The second-order valence-corrected chi connectivity index (χ2v) is 10.9. The van der Waals surface area contributed by atoms with Gasteiger partial charge < -0.3 is 8.83 Å². The first-order valence-corrected chi connectivity index (χ1v) is 14.4. The molecule has 0 saturated heterocycles. The molecule has 0 spiro atoms. The summed E-state index contributed by atoms with van der Waals surface area (Å²) in [6.07, 6.45) is 0. The van der Waals surface area contributed by atoms with Crippen molar-refractivity contribution in [3.05, 3.63) is 140 Å². The van der Waals surface area contributed by atoms with Gasteiger partial charge in [-0.2, -0.15) is 5.10 Å². The normalized spacial score (nSPS) is 11.7. The molecule has 9 aromatic rings. The van der Waals surface area contributed by atoms with E-state index in [1.807, 2.05) is 24.3 Å². The summed E-state index contributed by atoms with van der Waals surface area (Å²) in [5, 5.41) is 12.0. The summed E-state index contributed by atoms with van der Waals surface area (Å²) in [5.41, 5.74) is 11.8. The zero-order valence-corrected chi connectivity index (χ0v) is 23.0. The number of aromatic nitrogens is 2. The predicted molar refractivity (Wildman–Crippen MR) is 175 cm³/mol. The highest BCUT2D eigenvalue weighted by Gasteiger charge is 2.17. The first kappa shape index (κ1) is 23.8. The lowest BCUT2D eigenvalue weighted by atomic mass is 10.00. The van der Waals surface area contributed by atoms with E-state index in [2.05, 4.69) is 125 Å². The number of hydrogen-bond donors (Lipinski definition) is 1. The lowest BCUT2D eigenvalue weighted by molar-refractivity contribution is 0.633. The van der Waals surface area contributed by atoms with Gasteiger partial charge in [0.25, 0.3) is 0 Å². The molecule has 0 bridgehead atoms. The zero-order valence-electron chi connectivity index (χ0n) is 23.0. The van der Waals surface area contributed by atoms with Gasteiger partial charge in [0.1, 0.15) is 11.2 Å². The maximum Gasteiger partial charge on any atom is 0.178 e. The topological polar surface area (TPSA) is 55.0 Å². The summed E-state index contributed by atoms with van der Waals surface area (Å²) in [7, 11) is 0. The Bertz CT molecular complexity index is 2450. The van der Waals surface area contributed by atoms with Gasteiger partial charge in [-0.1, -0.05) is 91.0 Å². The van der Waals surface area contributed by atoms with Crippen molar-refractivity contribution in [1.29, 1.82) is 0 Å². The van der Waals surface area contributed by atoms with Gasteiger partial charge in [-0.05, 0) is 70.8 Å². The van der Waals surface area contributed by atoms with E-state index in [9.17, 15) is 0 Å². The Kier molecular flexibility index (Phi) is 5.16. The number of fused-ring (bicyclic) bond motifs is 7. The van der Waals surface area contributed by atoms with Gasteiger partial charge in [0, 0.05) is 32.7 Å². The number of hydrogen-bond acceptors (Lipinski definition) is 3. The van der Waals surface area contributed by atoms with Crippen LogP contribution in [0.15, 0.2) is 148 Å². The van der Waals surface area contributed by atoms with Crippen molar-refractivity contribution in [3.63, 3.8) is 0 Å². The summed E-state index contributed by atoms with van der Waals surface area (Å²) in [5.74, 6) is 0. The van der Waals surface area contributed by atoms with Crippen LogP contribution in [0.2, 0.25) is 0 Å². The molecule has 3 heterocycles. The number of rotatable bonds is 4. The SMILES string of the molecule is c1ccc(-c2ccc3c(c2)oc2c3ccc3c4ccc(-c5cccc(-c6cc(-c7ccccc7)n[nH]6)c5)cc4oc32)cc1. The van der Waals surface area contributed by atoms with E-state index < -0.39 is 0 Å². The molecule has 1 N–H and O–H groups in total. The van der Waals surface area contributed by atoms with Gasteiger partial charge in [-0.3, -0.25) is 5.10 Å². The molecule has 0 unspecified atom stereocenters. The molecule has 202 valence electrons. The van der Waals surface area contributed by atoms with Crippen LogP contribution in [0.4, 0.5) is 0 Å². The van der Waals surface area contributed by atoms with Crippen molar-refractivity contribution in [1.82, 2.24) is 10.2 Å². The van der Waals surface area contributed by atoms with E-state index >= 15 is 0 Å². The molecule has 0 atom stereocenters. The average Bonchev–Trinajstić information content (AvgIpc) is 3.81. The van der Waals surface area contributed by atoms with Crippen LogP contribution in [0.25, 0.3) is 88.6 Å². The number of benzene rings is 6. The summed E-state index contributed by atoms with van der Waals surface area (Å²) in [4.78, 5) is 0. The minimum atomic E-state index is 0.779. The zero-order chi connectivity index (χ0) is 28.3. The second kappa shape index (κ2) is 9.33. The van der Waals surface area contributed by atoms with E-state index in [0.29, 0.717) is 0 Å². The molecule has 43 heavy (non-hydrogen) atoms. The van der Waals surface area contributed by atoms with E-state index in [0.717, 1.165) is 83.1 Å². The summed E-state index contributed by atoms with van der Waals surface area (Å²) < 4.78 is 13.0. The average molecular weight is 553 g/mol. The number of nitrogens with one attached hydrogen (secondary N) is 1. The largest absolute Gasteiger partial charge is 0.452 e. The fourth-order valence-electron chi connectivity index (χ4n) is 6.15. The quantitative estimate of drug-likeness (QED) is 0.236. The first-order valence-electron chi connectivity index (χ1n) is 14.4. The molecular weight excluding hydrogens is 528 g/mol. The van der Waals surface area contributed by atoms with Crippen LogP contribution in [0, 0.1) is 0 Å². The minimum Gasteiger partial charge on any atom is -0.452 e. The molecule has 3 aromatic heterocycles. The van der Waals surface area contributed by atoms with E-state index in [1.165, 1.54) is 5.56 Å². The van der Waals surface area contributed by atoms with Crippen LogP contribution in [0.3, 0.4) is 0 Å². The van der Waals surface area contributed by atoms with Crippen LogP contribution >= 0.6 is 0 Å². The lowest BCUT2D eigenvalue weighted by Crippen LogP contribution is -1.82. The molecule has 0 amide bonds. The highest BCUT2D eigenvalue weighted by Crippen LogP contribution is 2.40. The first-order chi connectivity index (χ1) is 21.3. The van der Waals surface area contributed by atoms with Crippen molar-refractivity contribution < 1.29 is 8.83 Å². The van der Waals surface area contributed by atoms with Crippen molar-refractivity contribution in [3.8, 4) is 44.8 Å². The monoisotopic (exact) mass is 552 g/mol. The Morgan fingerprint density at radius 1 is 0.395 bits per heavy atom. The second-order valence-electron chi connectivity index (χ2n) is 10.9. The third kappa shape index (κ3) is 3.88. The molecule has 0 fully saturated rings. The highest BCUT2D eigenvalue weighted by atomic mass is 16.4. The molecule has 0 aliphatic carbocycles. The maximum absolute atomic E-state index is 6.53. The fourth-order valence-corrected chi connectivity index (χ4v) is 6.15. The fraction of sp³-hybridized carbons (Fsp3) is 0. The standard InChI is InChI=1S/C39H24N2O2/c1-3-8-24(9-4-1)27-14-16-30-32-18-19-33-31-17-15-28(22-37(31)43-39(33)38(32)42-36(30)21-27)26-12-7-13-29(20-26)35-23-34(40-41-35)25-10-5-2-6-11-25/h1-23H,(H,40,41). The van der Waals surface area contributed by atoms with Gasteiger partial charge in [0.15, 0.2) is 11.2 Å². The minimum absolute atomic E-state index is 0.779. The smallest absolute Gasteiger partial charge is 0.178 e. The Balaban J connectivity index is 1.12. The van der Waals surface area contributed by atoms with E-state index in [-0.39, 0.29) is 0 Å². The molecular formula is C39H24N2O2. The highest BCUT2D eigenvalue weighted by molar-refractivity contribution is 6.19. The number of H-pyrrole nitrogens is 1. The molecule has 9 rings (SSSR count). The molecule has 0 radical (unpaired) electrons. The third-order valence-electron chi connectivity index (χ3n) is 8.34. The third-order valence-corrected chi connectivity index (χ3v) is 8.34. The molecule has 4 heteroatoms. The van der Waals surface area contributed by atoms with Gasteiger partial charge in [0.05, 0.1) is 11.4 Å². The Hall–Kier alpha value is -5.87. The van der Waals surface area contributed by atoms with Crippen LogP contribution in [-0.4, -0.2) is 10.2 Å². The van der Waals surface area contributed by atoms with Crippen molar-refractivity contribution in [2.24, 2.45) is 0 Å². The van der Waals surface area contributed by atoms with Crippen molar-refractivity contribution in [2.75, 3.05) is 0 Å². The summed E-state index contributed by atoms with van der Waals surface area (Å²) in [6.45, 7) is 0. The molecule has 6 aromatic carbocycles. The summed E-state index contributed by atoms with van der Waals surface area (Å²) in [6, 6.07) is 48.3. The molecule has 4 nitrogen and oxygen atoms in total. The van der Waals surface area contributed by atoms with Crippen molar-refractivity contribution in [2.45, 2.75) is 0 Å². The number of aromatic amines is 1. The molecule has 0 aliphatic rings. The lowest BCUT2D eigenvalue weighted by Gasteiger charge is -2.04. The van der Waals surface area contributed by atoms with Gasteiger partial charge >= 0.3 is 0 Å². The van der Waals surface area contributed by atoms with Gasteiger partial charge in [-0.25, -0.2) is 0 Å². The van der Waals surface area contributed by atoms with Crippen LogP contribution < -0.4 is 0 Å². The molecule has 0 aliphatic heterocycles. The van der Waals surface area contributed by atoms with E-state index in [1.54, 1.807) is 0 Å².